The Kier molecular flexibility index (Phi) is 5.76. The van der Waals surface area contributed by atoms with Gasteiger partial charge in [0.1, 0.15) is 0 Å². The molecule has 1 aliphatic rings. The van der Waals surface area contributed by atoms with Crippen LogP contribution in [0.2, 0.25) is 0 Å². The molecule has 2 heterocycles. The number of nitrogens with one attached hydrogen (secondary N) is 1. The Labute approximate surface area is 176 Å². The highest BCUT2D eigenvalue weighted by molar-refractivity contribution is 6.62. The second-order valence-electron chi connectivity index (χ2n) is 10.3. The van der Waals surface area contributed by atoms with Crippen molar-refractivity contribution < 1.29 is 9.31 Å². The zero-order chi connectivity index (χ0) is 21.6. The van der Waals surface area contributed by atoms with E-state index in [4.69, 9.17) is 9.31 Å². The van der Waals surface area contributed by atoms with Gasteiger partial charge < -0.3 is 14.6 Å². The van der Waals surface area contributed by atoms with Crippen LogP contribution in [0.25, 0.3) is 0 Å². The van der Waals surface area contributed by atoms with Crippen molar-refractivity contribution in [3.63, 3.8) is 0 Å². The van der Waals surface area contributed by atoms with E-state index in [1.165, 1.54) is 16.7 Å². The van der Waals surface area contributed by atoms with Crippen LogP contribution in [0.3, 0.4) is 0 Å². The quantitative estimate of drug-likeness (QED) is 0.772. The lowest BCUT2D eigenvalue weighted by molar-refractivity contribution is 0.00578. The fourth-order valence-electron chi connectivity index (χ4n) is 3.35. The van der Waals surface area contributed by atoms with Gasteiger partial charge in [-0.3, -0.25) is 4.68 Å². The molecule has 158 valence electrons. The molecule has 2 aromatic rings. The molecule has 1 atom stereocenters. The van der Waals surface area contributed by atoms with Crippen LogP contribution >= 0.6 is 0 Å². The second-order valence-corrected chi connectivity index (χ2v) is 10.3. The molecular weight excluding hydrogens is 361 g/mol. The maximum Gasteiger partial charge on any atom is 0.494 e. The number of aryl methyl sites for hydroxylation is 1. The summed E-state index contributed by atoms with van der Waals surface area (Å²) in [7, 11) is -0.317. The maximum absolute atomic E-state index is 6.18. The molecule has 1 N–H and O–H groups in total. The number of benzene rings is 1. The third kappa shape index (κ3) is 4.60. The van der Waals surface area contributed by atoms with Crippen molar-refractivity contribution in [2.24, 2.45) is 0 Å². The lowest BCUT2D eigenvalue weighted by Crippen LogP contribution is -2.41. The molecular formula is C23H36BN3O2. The molecule has 0 radical (unpaired) electrons. The first-order valence-corrected chi connectivity index (χ1v) is 10.5. The third-order valence-electron chi connectivity index (χ3n) is 6.28. The number of hydrogen-bond donors (Lipinski definition) is 1. The largest absolute Gasteiger partial charge is 0.494 e. The van der Waals surface area contributed by atoms with E-state index in [0.717, 1.165) is 12.0 Å². The fraction of sp³-hybridized carbons (Fsp3) is 0.609. The summed E-state index contributed by atoms with van der Waals surface area (Å²) in [5.74, 6) is 0. The third-order valence-corrected chi connectivity index (χ3v) is 6.28. The monoisotopic (exact) mass is 397 g/mol. The Morgan fingerprint density at radius 3 is 2.28 bits per heavy atom. The molecule has 1 aromatic heterocycles. The Balaban J connectivity index is 1.65. The zero-order valence-electron chi connectivity index (χ0n) is 19.5. The lowest BCUT2D eigenvalue weighted by atomic mass is 9.78. The van der Waals surface area contributed by atoms with Gasteiger partial charge in [-0.15, -0.1) is 0 Å². The van der Waals surface area contributed by atoms with E-state index in [1.807, 2.05) is 10.9 Å². The van der Waals surface area contributed by atoms with Crippen LogP contribution in [0.5, 0.6) is 0 Å². The summed E-state index contributed by atoms with van der Waals surface area (Å²) < 4.78 is 14.4. The summed E-state index contributed by atoms with van der Waals surface area (Å²) in [5, 5.41) is 8.13. The Morgan fingerprint density at radius 2 is 1.76 bits per heavy atom. The van der Waals surface area contributed by atoms with Crippen molar-refractivity contribution in [1.82, 2.24) is 15.1 Å². The van der Waals surface area contributed by atoms with E-state index in [9.17, 15) is 0 Å². The first-order chi connectivity index (χ1) is 13.3. The highest BCUT2D eigenvalue weighted by atomic mass is 16.7. The molecule has 29 heavy (non-hydrogen) atoms. The second kappa shape index (κ2) is 7.57. The van der Waals surface area contributed by atoms with Gasteiger partial charge in [-0.1, -0.05) is 18.2 Å². The van der Waals surface area contributed by atoms with Crippen molar-refractivity contribution in [1.29, 1.82) is 0 Å². The Hall–Kier alpha value is -1.63. The average molecular weight is 397 g/mol. The van der Waals surface area contributed by atoms with Crippen LogP contribution in [-0.4, -0.2) is 28.1 Å². The van der Waals surface area contributed by atoms with Gasteiger partial charge in [0.05, 0.1) is 22.9 Å². The average Bonchev–Trinajstić information content (AvgIpc) is 3.16. The highest BCUT2D eigenvalue weighted by Crippen LogP contribution is 2.36. The Morgan fingerprint density at radius 1 is 1.14 bits per heavy atom. The highest BCUT2D eigenvalue weighted by Gasteiger charge is 2.51. The molecule has 1 aliphatic heterocycles. The van der Waals surface area contributed by atoms with Gasteiger partial charge in [0.2, 0.25) is 0 Å². The van der Waals surface area contributed by atoms with Crippen LogP contribution in [0.15, 0.2) is 30.6 Å². The predicted molar refractivity (Wildman–Crippen MR) is 119 cm³/mol. The topological polar surface area (TPSA) is 48.3 Å². The predicted octanol–water partition coefficient (Wildman–Crippen LogP) is 4.10. The van der Waals surface area contributed by atoms with Crippen LogP contribution in [0, 0.1) is 6.92 Å². The Bertz CT molecular complexity index is 851. The first-order valence-electron chi connectivity index (χ1n) is 10.5. The molecule has 3 rings (SSSR count). The molecule has 1 fully saturated rings. The van der Waals surface area contributed by atoms with E-state index in [1.54, 1.807) is 0 Å². The minimum absolute atomic E-state index is 0.00208. The summed E-state index contributed by atoms with van der Waals surface area (Å²) in [6.07, 6.45) is 4.09. The summed E-state index contributed by atoms with van der Waals surface area (Å²) in [6, 6.07) is 6.71. The zero-order valence-corrected chi connectivity index (χ0v) is 19.5. The van der Waals surface area contributed by atoms with Crippen LogP contribution in [0.1, 0.15) is 78.1 Å². The van der Waals surface area contributed by atoms with Gasteiger partial charge in [-0.25, -0.2) is 0 Å². The van der Waals surface area contributed by atoms with Crippen molar-refractivity contribution in [3.05, 3.63) is 47.3 Å². The SMILES string of the molecule is Cc1cc(B2OC(C)(C)C(C)(C)O2)ccc1CNC(C)c1cnn(C(C)(C)C)c1. The van der Waals surface area contributed by atoms with Gasteiger partial charge in [-0.05, 0) is 78.9 Å². The van der Waals surface area contributed by atoms with Crippen LogP contribution in [-0.2, 0) is 21.4 Å². The van der Waals surface area contributed by atoms with Gasteiger partial charge in [0.25, 0.3) is 0 Å². The molecule has 1 unspecified atom stereocenters. The molecule has 0 saturated carbocycles. The van der Waals surface area contributed by atoms with Crippen LogP contribution in [0.4, 0.5) is 0 Å². The van der Waals surface area contributed by atoms with E-state index in [-0.39, 0.29) is 29.9 Å². The number of rotatable bonds is 5. The first kappa shape index (κ1) is 22.1. The summed E-state index contributed by atoms with van der Waals surface area (Å²) in [6.45, 7) is 19.9. The minimum atomic E-state index is -0.321. The molecule has 0 spiro atoms. The molecule has 5 nitrogen and oxygen atoms in total. The minimum Gasteiger partial charge on any atom is -0.399 e. The maximum atomic E-state index is 6.18. The van der Waals surface area contributed by atoms with Crippen LogP contribution < -0.4 is 10.8 Å². The summed E-state index contributed by atoms with van der Waals surface area (Å²) in [5.41, 5.74) is 4.15. The van der Waals surface area contributed by atoms with E-state index in [0.29, 0.717) is 0 Å². The van der Waals surface area contributed by atoms with Crippen molar-refractivity contribution in [2.45, 2.75) is 91.6 Å². The number of aromatic nitrogens is 2. The molecule has 1 saturated heterocycles. The van der Waals surface area contributed by atoms with Gasteiger partial charge >= 0.3 is 7.12 Å². The number of hydrogen-bond acceptors (Lipinski definition) is 4. The van der Waals surface area contributed by atoms with Gasteiger partial charge in [0.15, 0.2) is 0 Å². The van der Waals surface area contributed by atoms with E-state index >= 15 is 0 Å². The van der Waals surface area contributed by atoms with Crippen molar-refractivity contribution in [2.75, 3.05) is 0 Å². The molecule has 0 aliphatic carbocycles. The summed E-state index contributed by atoms with van der Waals surface area (Å²) >= 11 is 0. The smallest absolute Gasteiger partial charge is 0.399 e. The van der Waals surface area contributed by atoms with Crippen molar-refractivity contribution in [3.8, 4) is 0 Å². The molecule has 1 aromatic carbocycles. The summed E-state index contributed by atoms with van der Waals surface area (Å²) in [4.78, 5) is 0. The van der Waals surface area contributed by atoms with Gasteiger partial charge in [-0.2, -0.15) is 5.10 Å². The van der Waals surface area contributed by atoms with Crippen molar-refractivity contribution >= 4 is 12.6 Å². The normalized spacial score (nSPS) is 19.6. The molecule has 6 heteroatoms. The standard InChI is InChI=1S/C23H36BN3O2/c1-16-12-20(24-28-22(6,7)23(8,9)29-24)11-10-18(16)13-25-17(2)19-14-26-27(15-19)21(3,4)5/h10-12,14-15,17,25H,13H2,1-9H3. The van der Waals surface area contributed by atoms with E-state index in [2.05, 4.69) is 97.1 Å². The fourth-order valence-corrected chi connectivity index (χ4v) is 3.35. The molecule has 0 bridgehead atoms. The lowest BCUT2D eigenvalue weighted by Gasteiger charge is -2.32. The van der Waals surface area contributed by atoms with E-state index < -0.39 is 0 Å². The number of nitrogens with zero attached hydrogens (tertiary/aromatic N) is 2. The van der Waals surface area contributed by atoms with Gasteiger partial charge in [0, 0.05) is 24.3 Å². The molecule has 0 amide bonds.